The third kappa shape index (κ3) is 4.14. The molecule has 144 valence electrons. The Morgan fingerprint density at radius 2 is 2.15 bits per heavy atom. The third-order valence-corrected chi connectivity index (χ3v) is 5.28. The summed E-state index contributed by atoms with van der Waals surface area (Å²) in [5.74, 6) is -1.15. The van der Waals surface area contributed by atoms with Gasteiger partial charge in [-0.1, -0.05) is 29.8 Å². The van der Waals surface area contributed by atoms with Gasteiger partial charge in [0.1, 0.15) is 5.41 Å². The Balaban J connectivity index is 1.73. The summed E-state index contributed by atoms with van der Waals surface area (Å²) < 4.78 is 6.76. The van der Waals surface area contributed by atoms with Crippen LogP contribution in [0.3, 0.4) is 0 Å². The van der Waals surface area contributed by atoms with Gasteiger partial charge in [0.25, 0.3) is 5.91 Å². The van der Waals surface area contributed by atoms with E-state index >= 15 is 0 Å². The van der Waals surface area contributed by atoms with E-state index in [0.29, 0.717) is 36.5 Å². The number of rotatable bonds is 6. The topological polar surface area (TPSA) is 84.7 Å². The van der Waals surface area contributed by atoms with E-state index in [2.05, 4.69) is 5.10 Å². The third-order valence-electron chi connectivity index (χ3n) is 4.91. The number of carboxylic acid groups (broad SMARTS) is 1. The summed E-state index contributed by atoms with van der Waals surface area (Å²) in [7, 11) is 1.48. The van der Waals surface area contributed by atoms with Gasteiger partial charge < -0.3 is 14.7 Å². The molecule has 1 atom stereocenters. The summed E-state index contributed by atoms with van der Waals surface area (Å²) in [6, 6.07) is 7.46. The predicted molar refractivity (Wildman–Crippen MR) is 99.9 cm³/mol. The van der Waals surface area contributed by atoms with E-state index in [1.165, 1.54) is 13.3 Å². The van der Waals surface area contributed by atoms with Gasteiger partial charge in [0.2, 0.25) is 0 Å². The lowest BCUT2D eigenvalue weighted by molar-refractivity contribution is -0.155. The fourth-order valence-electron chi connectivity index (χ4n) is 3.48. The molecule has 27 heavy (non-hydrogen) atoms. The molecule has 1 aromatic carbocycles. The van der Waals surface area contributed by atoms with Crippen LogP contribution in [0.1, 0.15) is 28.8 Å². The van der Waals surface area contributed by atoms with Crippen molar-refractivity contribution in [2.75, 3.05) is 26.8 Å². The molecule has 1 aliphatic rings. The second-order valence-electron chi connectivity index (χ2n) is 6.87. The number of hydrogen-bond acceptors (Lipinski definition) is 4. The van der Waals surface area contributed by atoms with Crippen molar-refractivity contribution < 1.29 is 19.4 Å². The van der Waals surface area contributed by atoms with E-state index in [9.17, 15) is 14.7 Å². The Bertz CT molecular complexity index is 834. The Hall–Kier alpha value is -2.38. The molecule has 0 spiro atoms. The normalized spacial score (nSPS) is 19.9. The number of aromatic nitrogens is 2. The van der Waals surface area contributed by atoms with Crippen LogP contribution in [0.2, 0.25) is 5.02 Å². The fourth-order valence-corrected chi connectivity index (χ4v) is 3.68. The summed E-state index contributed by atoms with van der Waals surface area (Å²) in [4.78, 5) is 26.2. The SMILES string of the molecule is COCC1(C(=O)O)CCCN(C(=O)c2cnn(Cc3ccccc3Cl)c2)C1. The molecule has 0 aliphatic carbocycles. The minimum atomic E-state index is -1.06. The van der Waals surface area contributed by atoms with E-state index in [-0.39, 0.29) is 19.1 Å². The molecule has 7 nitrogen and oxygen atoms in total. The van der Waals surface area contributed by atoms with Crippen molar-refractivity contribution in [3.8, 4) is 0 Å². The standard InChI is InChI=1S/C19H22ClN3O4/c1-27-13-19(18(25)26)7-4-8-22(12-19)17(24)15-9-21-23(11-15)10-14-5-2-3-6-16(14)20/h2-3,5-6,9,11H,4,7-8,10,12-13H2,1H3,(H,25,26). The average molecular weight is 392 g/mol. The first-order chi connectivity index (χ1) is 12.9. The molecule has 3 rings (SSSR count). The van der Waals surface area contributed by atoms with Crippen LogP contribution in [-0.4, -0.2) is 58.5 Å². The second kappa shape index (κ2) is 8.10. The van der Waals surface area contributed by atoms with Crippen LogP contribution >= 0.6 is 11.6 Å². The highest BCUT2D eigenvalue weighted by molar-refractivity contribution is 6.31. The highest BCUT2D eigenvalue weighted by atomic mass is 35.5. The summed E-state index contributed by atoms with van der Waals surface area (Å²) in [5, 5.41) is 14.5. The number of nitrogens with zero attached hydrogens (tertiary/aromatic N) is 3. The van der Waals surface area contributed by atoms with Crippen LogP contribution in [-0.2, 0) is 16.1 Å². The molecule has 1 aromatic heterocycles. The lowest BCUT2D eigenvalue weighted by Crippen LogP contribution is -2.52. The Labute approximate surface area is 162 Å². The maximum Gasteiger partial charge on any atom is 0.313 e. The summed E-state index contributed by atoms with van der Waals surface area (Å²) in [5.41, 5.74) is 0.279. The zero-order chi connectivity index (χ0) is 19.4. The molecule has 0 bridgehead atoms. The monoisotopic (exact) mass is 391 g/mol. The molecular formula is C19H22ClN3O4. The number of likely N-dealkylation sites (tertiary alicyclic amines) is 1. The minimum Gasteiger partial charge on any atom is -0.481 e. The quantitative estimate of drug-likeness (QED) is 0.817. The van der Waals surface area contributed by atoms with Crippen molar-refractivity contribution in [1.29, 1.82) is 0 Å². The van der Waals surface area contributed by atoms with Gasteiger partial charge in [0.15, 0.2) is 0 Å². The number of carbonyl (C=O) groups excluding carboxylic acids is 1. The second-order valence-corrected chi connectivity index (χ2v) is 7.27. The molecule has 8 heteroatoms. The number of benzene rings is 1. The number of hydrogen-bond donors (Lipinski definition) is 1. The zero-order valence-corrected chi connectivity index (χ0v) is 15.9. The minimum absolute atomic E-state index is 0.0812. The van der Waals surface area contributed by atoms with Crippen LogP contribution in [0.5, 0.6) is 0 Å². The lowest BCUT2D eigenvalue weighted by atomic mass is 9.80. The first-order valence-corrected chi connectivity index (χ1v) is 9.10. The number of methoxy groups -OCH3 is 1. The summed E-state index contributed by atoms with van der Waals surface area (Å²) in [6.45, 7) is 1.19. The summed E-state index contributed by atoms with van der Waals surface area (Å²) in [6.07, 6.45) is 4.28. The highest BCUT2D eigenvalue weighted by Gasteiger charge is 2.44. The van der Waals surface area contributed by atoms with E-state index < -0.39 is 11.4 Å². The molecule has 0 radical (unpaired) electrons. The van der Waals surface area contributed by atoms with Crippen LogP contribution in [0, 0.1) is 5.41 Å². The average Bonchev–Trinajstić information content (AvgIpc) is 3.12. The van der Waals surface area contributed by atoms with E-state index in [1.54, 1.807) is 15.8 Å². The molecule has 1 amide bonds. The molecule has 2 heterocycles. The number of carboxylic acids is 1. The maximum absolute atomic E-state index is 12.9. The van der Waals surface area contributed by atoms with Crippen LogP contribution in [0.4, 0.5) is 0 Å². The number of aliphatic carboxylic acids is 1. The van der Waals surface area contributed by atoms with Gasteiger partial charge >= 0.3 is 5.97 Å². The number of amides is 1. The summed E-state index contributed by atoms with van der Waals surface area (Å²) >= 11 is 6.17. The van der Waals surface area contributed by atoms with Gasteiger partial charge in [-0.15, -0.1) is 0 Å². The molecule has 1 unspecified atom stereocenters. The molecule has 1 saturated heterocycles. The molecule has 0 saturated carbocycles. The first-order valence-electron chi connectivity index (χ1n) is 8.73. The van der Waals surface area contributed by atoms with Crippen molar-refractivity contribution in [2.24, 2.45) is 5.41 Å². The van der Waals surface area contributed by atoms with Gasteiger partial charge in [0, 0.05) is 31.4 Å². The van der Waals surface area contributed by atoms with E-state index in [1.807, 2.05) is 24.3 Å². The Kier molecular flexibility index (Phi) is 5.82. The first kappa shape index (κ1) is 19.4. The van der Waals surface area contributed by atoms with Crippen molar-refractivity contribution >= 4 is 23.5 Å². The molecule has 1 N–H and O–H groups in total. The van der Waals surface area contributed by atoms with E-state index in [4.69, 9.17) is 16.3 Å². The van der Waals surface area contributed by atoms with Crippen LogP contribution < -0.4 is 0 Å². The molecule has 1 aliphatic heterocycles. The highest BCUT2D eigenvalue weighted by Crippen LogP contribution is 2.31. The Morgan fingerprint density at radius 1 is 1.37 bits per heavy atom. The number of carbonyl (C=O) groups is 2. The predicted octanol–water partition coefficient (Wildman–Crippen LogP) is 2.54. The van der Waals surface area contributed by atoms with Crippen molar-refractivity contribution in [1.82, 2.24) is 14.7 Å². The maximum atomic E-state index is 12.9. The number of piperidine rings is 1. The Morgan fingerprint density at radius 3 is 2.85 bits per heavy atom. The number of halogens is 1. The fraction of sp³-hybridized carbons (Fsp3) is 0.421. The smallest absolute Gasteiger partial charge is 0.313 e. The van der Waals surface area contributed by atoms with Crippen molar-refractivity contribution in [2.45, 2.75) is 19.4 Å². The number of ether oxygens (including phenoxy) is 1. The molecule has 2 aromatic rings. The zero-order valence-electron chi connectivity index (χ0n) is 15.1. The molecule has 1 fully saturated rings. The van der Waals surface area contributed by atoms with Gasteiger partial charge in [0.05, 0.1) is 24.9 Å². The largest absolute Gasteiger partial charge is 0.481 e. The van der Waals surface area contributed by atoms with Crippen LogP contribution in [0.15, 0.2) is 36.7 Å². The lowest BCUT2D eigenvalue weighted by Gasteiger charge is -2.39. The van der Waals surface area contributed by atoms with Gasteiger partial charge in [-0.3, -0.25) is 14.3 Å². The van der Waals surface area contributed by atoms with Gasteiger partial charge in [-0.25, -0.2) is 0 Å². The van der Waals surface area contributed by atoms with E-state index in [0.717, 1.165) is 5.56 Å². The van der Waals surface area contributed by atoms with Gasteiger partial charge in [-0.2, -0.15) is 5.10 Å². The van der Waals surface area contributed by atoms with Crippen molar-refractivity contribution in [3.05, 3.63) is 52.8 Å². The molecular weight excluding hydrogens is 370 g/mol. The van der Waals surface area contributed by atoms with Gasteiger partial charge in [-0.05, 0) is 24.5 Å². The van der Waals surface area contributed by atoms with Crippen LogP contribution in [0.25, 0.3) is 0 Å². The van der Waals surface area contributed by atoms with Crippen molar-refractivity contribution in [3.63, 3.8) is 0 Å².